The third-order valence-electron chi connectivity index (χ3n) is 5.63. The molecule has 0 saturated heterocycles. The number of nitrogens with one attached hydrogen (secondary N) is 1. The van der Waals surface area contributed by atoms with E-state index in [1.807, 2.05) is 0 Å². The van der Waals surface area contributed by atoms with Crippen LogP contribution in [0.15, 0.2) is 49.3 Å². The van der Waals surface area contributed by atoms with Crippen LogP contribution in [0.5, 0.6) is 17.2 Å². The molecule has 1 aliphatic rings. The molecule has 1 atom stereocenters. The van der Waals surface area contributed by atoms with Crippen LogP contribution in [0.2, 0.25) is 0 Å². The quantitative estimate of drug-likeness (QED) is 0.181. The average Bonchev–Trinajstić information content (AvgIpc) is 2.86. The van der Waals surface area contributed by atoms with Crippen LogP contribution in [0.25, 0.3) is 0 Å². The van der Waals surface area contributed by atoms with E-state index < -0.39 is 22.1 Å². The molecular formula is C25H30Br2N2O7S. The van der Waals surface area contributed by atoms with Crippen molar-refractivity contribution in [1.82, 2.24) is 4.72 Å². The number of methoxy groups -OCH3 is 1. The molecule has 202 valence electrons. The SMILES string of the molecule is CCOC(=O)C(C)ON=Cc1cc(Br)c(Oc2ccc(OC)c(S(=O)(=O)NC3CCCCC3)c2)c(Br)c1. The minimum Gasteiger partial charge on any atom is -0.495 e. The van der Waals surface area contributed by atoms with Gasteiger partial charge in [-0.05, 0) is 88.4 Å². The Morgan fingerprint density at radius 2 is 1.84 bits per heavy atom. The van der Waals surface area contributed by atoms with Crippen LogP contribution in [0.3, 0.4) is 0 Å². The molecule has 12 heteroatoms. The van der Waals surface area contributed by atoms with Crippen molar-refractivity contribution in [2.24, 2.45) is 5.16 Å². The van der Waals surface area contributed by atoms with E-state index in [1.54, 1.807) is 38.1 Å². The van der Waals surface area contributed by atoms with Gasteiger partial charge >= 0.3 is 5.97 Å². The predicted octanol–water partition coefficient (Wildman–Crippen LogP) is 5.93. The fourth-order valence-electron chi connectivity index (χ4n) is 3.79. The number of carbonyl (C=O) groups excluding carboxylic acids is 1. The van der Waals surface area contributed by atoms with Crippen molar-refractivity contribution in [2.45, 2.75) is 63.0 Å². The minimum absolute atomic E-state index is 0.0157. The number of nitrogens with zero attached hydrogens (tertiary/aromatic N) is 1. The van der Waals surface area contributed by atoms with Gasteiger partial charge in [-0.15, -0.1) is 0 Å². The number of oxime groups is 1. The second-order valence-electron chi connectivity index (χ2n) is 8.42. The summed E-state index contributed by atoms with van der Waals surface area (Å²) in [5, 5.41) is 3.85. The normalized spacial score (nSPS) is 15.4. The third-order valence-corrected chi connectivity index (χ3v) is 8.35. The summed E-state index contributed by atoms with van der Waals surface area (Å²) in [5.74, 6) is 0.490. The summed E-state index contributed by atoms with van der Waals surface area (Å²) in [7, 11) is -2.38. The van der Waals surface area contributed by atoms with Crippen molar-refractivity contribution >= 4 is 54.1 Å². The van der Waals surface area contributed by atoms with Crippen LogP contribution >= 0.6 is 31.9 Å². The maximum Gasteiger partial charge on any atom is 0.349 e. The van der Waals surface area contributed by atoms with Gasteiger partial charge in [-0.2, -0.15) is 0 Å². The van der Waals surface area contributed by atoms with Crippen LogP contribution in [0, 0.1) is 0 Å². The van der Waals surface area contributed by atoms with Gasteiger partial charge in [0.25, 0.3) is 0 Å². The van der Waals surface area contributed by atoms with Gasteiger partial charge in [-0.3, -0.25) is 0 Å². The highest BCUT2D eigenvalue weighted by Crippen LogP contribution is 2.39. The average molecular weight is 662 g/mol. The Labute approximate surface area is 234 Å². The Kier molecular flexibility index (Phi) is 10.8. The molecule has 0 amide bonds. The van der Waals surface area contributed by atoms with Crippen LogP contribution in [-0.4, -0.2) is 46.5 Å². The summed E-state index contributed by atoms with van der Waals surface area (Å²) in [5.41, 5.74) is 0.664. The summed E-state index contributed by atoms with van der Waals surface area (Å²) < 4.78 is 46.6. The molecule has 2 aromatic carbocycles. The first-order chi connectivity index (χ1) is 17.6. The van der Waals surface area contributed by atoms with Crippen molar-refractivity contribution in [3.8, 4) is 17.2 Å². The molecule has 0 radical (unpaired) electrons. The number of benzene rings is 2. The Morgan fingerprint density at radius 3 is 2.46 bits per heavy atom. The Morgan fingerprint density at radius 1 is 1.16 bits per heavy atom. The Balaban J connectivity index is 1.78. The van der Waals surface area contributed by atoms with Crippen molar-refractivity contribution in [3.63, 3.8) is 0 Å². The number of rotatable bonds is 11. The van der Waals surface area contributed by atoms with E-state index in [9.17, 15) is 13.2 Å². The number of ether oxygens (including phenoxy) is 3. The molecule has 3 rings (SSSR count). The molecule has 0 bridgehead atoms. The summed E-state index contributed by atoms with van der Waals surface area (Å²) in [6.45, 7) is 3.52. The topological polar surface area (TPSA) is 113 Å². The molecule has 2 aromatic rings. The van der Waals surface area contributed by atoms with Gasteiger partial charge in [0.2, 0.25) is 16.1 Å². The predicted molar refractivity (Wildman–Crippen MR) is 147 cm³/mol. The Bertz CT molecular complexity index is 1210. The molecule has 0 aromatic heterocycles. The smallest absolute Gasteiger partial charge is 0.349 e. The summed E-state index contributed by atoms with van der Waals surface area (Å²) in [4.78, 5) is 16.8. The second-order valence-corrected chi connectivity index (χ2v) is 11.8. The molecule has 1 aliphatic carbocycles. The highest BCUT2D eigenvalue weighted by Gasteiger charge is 2.26. The molecule has 9 nitrogen and oxygen atoms in total. The number of esters is 1. The largest absolute Gasteiger partial charge is 0.495 e. The van der Waals surface area contributed by atoms with Crippen LogP contribution < -0.4 is 14.2 Å². The van der Waals surface area contributed by atoms with Crippen molar-refractivity contribution in [2.75, 3.05) is 13.7 Å². The minimum atomic E-state index is -3.81. The van der Waals surface area contributed by atoms with E-state index in [1.165, 1.54) is 19.4 Å². The summed E-state index contributed by atoms with van der Waals surface area (Å²) >= 11 is 6.97. The fourth-order valence-corrected chi connectivity index (χ4v) is 6.66. The summed E-state index contributed by atoms with van der Waals surface area (Å²) in [6, 6.07) is 8.05. The van der Waals surface area contributed by atoms with Gasteiger partial charge in [0.05, 0.1) is 28.9 Å². The molecule has 1 N–H and O–H groups in total. The van der Waals surface area contributed by atoms with Crippen LogP contribution in [0.4, 0.5) is 0 Å². The van der Waals surface area contributed by atoms with Gasteiger partial charge in [0.1, 0.15) is 16.4 Å². The fraction of sp³-hybridized carbons (Fsp3) is 0.440. The lowest BCUT2D eigenvalue weighted by atomic mass is 9.96. The number of sulfonamides is 1. The van der Waals surface area contributed by atoms with E-state index >= 15 is 0 Å². The van der Waals surface area contributed by atoms with Crippen molar-refractivity contribution < 1.29 is 32.3 Å². The lowest BCUT2D eigenvalue weighted by Crippen LogP contribution is -2.36. The second kappa shape index (κ2) is 13.6. The highest BCUT2D eigenvalue weighted by atomic mass is 79.9. The van der Waals surface area contributed by atoms with E-state index in [0.29, 0.717) is 26.0 Å². The van der Waals surface area contributed by atoms with Crippen LogP contribution in [0.1, 0.15) is 51.5 Å². The first-order valence-electron chi connectivity index (χ1n) is 11.9. The monoisotopic (exact) mass is 660 g/mol. The molecule has 1 fully saturated rings. The zero-order valence-electron chi connectivity index (χ0n) is 20.8. The maximum atomic E-state index is 13.2. The zero-order valence-corrected chi connectivity index (χ0v) is 24.8. The van der Waals surface area contributed by atoms with Gasteiger partial charge in [-0.1, -0.05) is 24.4 Å². The third kappa shape index (κ3) is 8.17. The molecule has 1 unspecified atom stereocenters. The molecule has 37 heavy (non-hydrogen) atoms. The molecule has 1 saturated carbocycles. The maximum absolute atomic E-state index is 13.2. The van der Waals surface area contributed by atoms with E-state index in [0.717, 1.165) is 32.1 Å². The van der Waals surface area contributed by atoms with Gasteiger partial charge in [-0.25, -0.2) is 17.9 Å². The molecular weight excluding hydrogens is 632 g/mol. The van der Waals surface area contributed by atoms with E-state index in [-0.39, 0.29) is 23.3 Å². The van der Waals surface area contributed by atoms with Gasteiger partial charge in [0, 0.05) is 12.1 Å². The highest BCUT2D eigenvalue weighted by molar-refractivity contribution is 9.11. The molecule has 0 aliphatic heterocycles. The lowest BCUT2D eigenvalue weighted by Gasteiger charge is -2.23. The van der Waals surface area contributed by atoms with Gasteiger partial charge in [0.15, 0.2) is 5.75 Å². The van der Waals surface area contributed by atoms with E-state index in [2.05, 4.69) is 41.7 Å². The van der Waals surface area contributed by atoms with E-state index in [4.69, 9.17) is 19.0 Å². The lowest BCUT2D eigenvalue weighted by molar-refractivity contribution is -0.155. The van der Waals surface area contributed by atoms with Crippen molar-refractivity contribution in [3.05, 3.63) is 44.8 Å². The summed E-state index contributed by atoms with van der Waals surface area (Å²) in [6.07, 6.45) is 5.39. The number of hydrogen-bond donors (Lipinski definition) is 1. The Hall–Kier alpha value is -2.15. The molecule has 0 heterocycles. The first-order valence-corrected chi connectivity index (χ1v) is 14.9. The van der Waals surface area contributed by atoms with Crippen molar-refractivity contribution in [1.29, 1.82) is 0 Å². The number of halogens is 2. The standard InChI is InChI=1S/C25H30Br2N2O7S/c1-4-34-25(30)16(2)36-28-15-17-12-20(26)24(21(27)13-17)35-19-10-11-22(33-3)23(14-19)37(31,32)29-18-8-6-5-7-9-18/h10-16,18,29H,4-9H2,1-3H3. The van der Waals surface area contributed by atoms with Gasteiger partial charge < -0.3 is 19.0 Å². The number of carbonyl (C=O) groups is 1. The van der Waals surface area contributed by atoms with Crippen LogP contribution in [-0.2, 0) is 24.4 Å². The zero-order chi connectivity index (χ0) is 27.0. The number of hydrogen-bond acceptors (Lipinski definition) is 8. The first kappa shape index (κ1) is 29.4. The molecule has 0 spiro atoms.